The molecular weight excluding hydrogens is 432 g/mol. The molecule has 0 radical (unpaired) electrons. The molecule has 0 fully saturated rings. The predicted octanol–water partition coefficient (Wildman–Crippen LogP) is 5.80. The van der Waals surface area contributed by atoms with Crippen LogP contribution >= 0.6 is 0 Å². The molecular formula is C28H40O6. The number of aliphatic hydroxyl groups is 1. The van der Waals surface area contributed by atoms with E-state index in [4.69, 9.17) is 23.7 Å². The van der Waals surface area contributed by atoms with Gasteiger partial charge in [0.15, 0.2) is 23.0 Å². The summed E-state index contributed by atoms with van der Waals surface area (Å²) in [4.78, 5) is 0. The molecule has 0 saturated carbocycles. The quantitative estimate of drug-likeness (QED) is 0.490. The van der Waals surface area contributed by atoms with Gasteiger partial charge in [-0.05, 0) is 30.7 Å². The number of hydrogen-bond donors (Lipinski definition) is 1. The molecule has 2 aromatic carbocycles. The number of benzene rings is 2. The second-order valence-electron chi connectivity index (χ2n) is 8.88. The Morgan fingerprint density at radius 2 is 1.06 bits per heavy atom. The van der Waals surface area contributed by atoms with Crippen LogP contribution in [-0.2, 0) is 4.74 Å². The van der Waals surface area contributed by atoms with Crippen LogP contribution in [0.2, 0.25) is 0 Å². The maximum atomic E-state index is 11.5. The Morgan fingerprint density at radius 1 is 0.618 bits per heavy atom. The van der Waals surface area contributed by atoms with Crippen molar-refractivity contribution in [3.05, 3.63) is 48.5 Å². The monoisotopic (exact) mass is 472 g/mol. The Balaban J connectivity index is 1.68. The van der Waals surface area contributed by atoms with E-state index in [1.807, 2.05) is 48.5 Å². The molecule has 0 amide bonds. The summed E-state index contributed by atoms with van der Waals surface area (Å²) in [7, 11) is 0. The fraction of sp³-hybridized carbons (Fsp3) is 0.571. The van der Waals surface area contributed by atoms with E-state index in [0.717, 1.165) is 12.8 Å². The molecule has 0 spiro atoms. The first-order valence-corrected chi connectivity index (χ1v) is 12.7. The van der Waals surface area contributed by atoms with Gasteiger partial charge in [-0.15, -0.1) is 0 Å². The molecule has 6 nitrogen and oxygen atoms in total. The van der Waals surface area contributed by atoms with Crippen LogP contribution in [0.15, 0.2) is 48.5 Å². The van der Waals surface area contributed by atoms with E-state index in [1.165, 1.54) is 32.1 Å². The summed E-state index contributed by atoms with van der Waals surface area (Å²) in [5.41, 5.74) is -1.14. The van der Waals surface area contributed by atoms with E-state index in [-0.39, 0.29) is 13.2 Å². The van der Waals surface area contributed by atoms with Crippen molar-refractivity contribution in [2.24, 2.45) is 0 Å². The van der Waals surface area contributed by atoms with Gasteiger partial charge < -0.3 is 28.8 Å². The van der Waals surface area contributed by atoms with Crippen molar-refractivity contribution < 1.29 is 28.8 Å². The number of ether oxygens (including phenoxy) is 5. The van der Waals surface area contributed by atoms with Crippen molar-refractivity contribution in [1.29, 1.82) is 0 Å². The minimum absolute atomic E-state index is 0.114. The lowest BCUT2D eigenvalue weighted by Gasteiger charge is -2.29. The fourth-order valence-corrected chi connectivity index (χ4v) is 3.92. The van der Waals surface area contributed by atoms with Crippen LogP contribution < -0.4 is 18.9 Å². The third-order valence-corrected chi connectivity index (χ3v) is 5.91. The Kier molecular flexibility index (Phi) is 11.3. The van der Waals surface area contributed by atoms with Gasteiger partial charge in [0.05, 0.1) is 13.2 Å². The maximum Gasteiger partial charge on any atom is 0.161 e. The summed E-state index contributed by atoms with van der Waals surface area (Å²) in [6.07, 6.45) is 8.87. The highest BCUT2D eigenvalue weighted by molar-refractivity contribution is 5.40. The Bertz CT molecular complexity index is 769. The normalized spacial score (nSPS) is 16.6. The highest BCUT2D eigenvalue weighted by Gasteiger charge is 2.30. The molecule has 0 saturated heterocycles. The highest BCUT2D eigenvalue weighted by atomic mass is 16.6. The first-order valence-electron chi connectivity index (χ1n) is 12.7. The maximum absolute atomic E-state index is 11.5. The number of unbranched alkanes of at least 4 members (excludes halogenated alkanes) is 6. The van der Waals surface area contributed by atoms with E-state index in [0.29, 0.717) is 55.8 Å². The summed E-state index contributed by atoms with van der Waals surface area (Å²) in [5.74, 6) is 2.49. The molecule has 1 aliphatic heterocycles. The molecule has 2 aromatic rings. The van der Waals surface area contributed by atoms with Gasteiger partial charge in [-0.1, -0.05) is 76.1 Å². The molecule has 1 heterocycles. The van der Waals surface area contributed by atoms with Gasteiger partial charge >= 0.3 is 0 Å². The molecule has 3 rings (SSSR count). The Morgan fingerprint density at radius 3 is 1.56 bits per heavy atom. The minimum Gasteiger partial charge on any atom is -0.487 e. The average Bonchev–Trinajstić information content (AvgIpc) is 2.86. The van der Waals surface area contributed by atoms with Gasteiger partial charge in [0, 0.05) is 0 Å². The number of para-hydroxylation sites is 4. The Hall–Kier alpha value is -2.44. The molecule has 188 valence electrons. The largest absolute Gasteiger partial charge is 0.487 e. The summed E-state index contributed by atoms with van der Waals surface area (Å²) in [6, 6.07) is 15.1. The fourth-order valence-electron chi connectivity index (χ4n) is 3.92. The van der Waals surface area contributed by atoms with Crippen molar-refractivity contribution in [2.45, 2.75) is 63.9 Å². The lowest BCUT2D eigenvalue weighted by molar-refractivity contribution is -0.0486. The van der Waals surface area contributed by atoms with Gasteiger partial charge in [-0.3, -0.25) is 0 Å². The van der Waals surface area contributed by atoms with Crippen LogP contribution in [-0.4, -0.2) is 50.3 Å². The predicted molar refractivity (Wildman–Crippen MR) is 133 cm³/mol. The van der Waals surface area contributed by atoms with E-state index >= 15 is 0 Å². The molecule has 0 unspecified atom stereocenters. The number of hydrogen-bond acceptors (Lipinski definition) is 6. The van der Waals surface area contributed by atoms with E-state index in [2.05, 4.69) is 6.92 Å². The second-order valence-corrected chi connectivity index (χ2v) is 8.88. The lowest BCUT2D eigenvalue weighted by Crippen LogP contribution is -2.42. The lowest BCUT2D eigenvalue weighted by atomic mass is 9.97. The van der Waals surface area contributed by atoms with Gasteiger partial charge in [0.25, 0.3) is 0 Å². The highest BCUT2D eigenvalue weighted by Crippen LogP contribution is 2.31. The van der Waals surface area contributed by atoms with Crippen LogP contribution in [0.5, 0.6) is 23.0 Å². The molecule has 1 aliphatic rings. The minimum atomic E-state index is -1.14. The van der Waals surface area contributed by atoms with Crippen LogP contribution in [0.25, 0.3) is 0 Å². The zero-order valence-electron chi connectivity index (χ0n) is 20.5. The molecule has 0 aliphatic carbocycles. The molecule has 0 aromatic heterocycles. The van der Waals surface area contributed by atoms with Crippen molar-refractivity contribution >= 4 is 0 Å². The Labute approximate surface area is 204 Å². The molecule has 34 heavy (non-hydrogen) atoms. The first-order chi connectivity index (χ1) is 16.7. The third-order valence-electron chi connectivity index (χ3n) is 5.91. The average molecular weight is 473 g/mol. The van der Waals surface area contributed by atoms with Crippen LogP contribution in [0.4, 0.5) is 0 Å². The summed E-state index contributed by atoms with van der Waals surface area (Å²) in [5, 5.41) is 11.5. The smallest absolute Gasteiger partial charge is 0.161 e. The summed E-state index contributed by atoms with van der Waals surface area (Å²) in [6.45, 7) is 4.15. The van der Waals surface area contributed by atoms with Crippen molar-refractivity contribution in [1.82, 2.24) is 0 Å². The SMILES string of the molecule is CCCCCCCCCC1(O)COc2ccccc2OCCOCCOc2ccccc2OC1. The van der Waals surface area contributed by atoms with Crippen LogP contribution in [0.3, 0.4) is 0 Å². The van der Waals surface area contributed by atoms with Crippen molar-refractivity contribution in [3.63, 3.8) is 0 Å². The second kappa shape index (κ2) is 14.7. The standard InChI is InChI=1S/C28H40O6/c1-2-3-4-5-6-7-12-17-28(29)22-33-26-15-10-8-13-24(26)31-20-18-30-19-21-32-25-14-9-11-16-27(25)34-23-28/h8-11,13-16,29H,2-7,12,17-23H2,1H3. The zero-order chi connectivity index (χ0) is 23.9. The van der Waals surface area contributed by atoms with Gasteiger partial charge in [0.2, 0.25) is 0 Å². The van der Waals surface area contributed by atoms with Gasteiger partial charge in [-0.2, -0.15) is 0 Å². The topological polar surface area (TPSA) is 66.4 Å². The van der Waals surface area contributed by atoms with Crippen molar-refractivity contribution in [3.8, 4) is 23.0 Å². The van der Waals surface area contributed by atoms with E-state index < -0.39 is 5.60 Å². The van der Waals surface area contributed by atoms with E-state index in [9.17, 15) is 5.11 Å². The summed E-state index contributed by atoms with van der Waals surface area (Å²) >= 11 is 0. The number of fused-ring (bicyclic) bond motifs is 2. The molecule has 0 bridgehead atoms. The van der Waals surface area contributed by atoms with Gasteiger partial charge in [-0.25, -0.2) is 0 Å². The molecule has 1 N–H and O–H groups in total. The van der Waals surface area contributed by atoms with Crippen LogP contribution in [0, 0.1) is 0 Å². The zero-order valence-corrected chi connectivity index (χ0v) is 20.5. The van der Waals surface area contributed by atoms with Crippen molar-refractivity contribution in [2.75, 3.05) is 39.6 Å². The van der Waals surface area contributed by atoms with Crippen LogP contribution in [0.1, 0.15) is 58.3 Å². The third kappa shape index (κ3) is 9.07. The first kappa shape index (κ1) is 26.2. The number of rotatable bonds is 8. The van der Waals surface area contributed by atoms with E-state index in [1.54, 1.807) is 0 Å². The van der Waals surface area contributed by atoms with Gasteiger partial charge in [0.1, 0.15) is 32.0 Å². The summed E-state index contributed by atoms with van der Waals surface area (Å²) < 4.78 is 29.5. The molecule has 0 atom stereocenters. The molecule has 6 heteroatoms.